The third kappa shape index (κ3) is 5.49. The van der Waals surface area contributed by atoms with Crippen LogP contribution in [0.5, 0.6) is 0 Å². The van der Waals surface area contributed by atoms with Gasteiger partial charge in [0, 0.05) is 36.8 Å². The van der Waals surface area contributed by atoms with E-state index in [2.05, 4.69) is 5.32 Å². The molecule has 0 radical (unpaired) electrons. The van der Waals surface area contributed by atoms with Gasteiger partial charge in [-0.1, -0.05) is 43.1 Å². The van der Waals surface area contributed by atoms with E-state index in [1.165, 1.54) is 4.31 Å². The minimum Gasteiger partial charge on any atom is -0.340 e. The molecule has 2 aromatic rings. The van der Waals surface area contributed by atoms with Crippen molar-refractivity contribution in [3.8, 4) is 0 Å². The highest BCUT2D eigenvalue weighted by Crippen LogP contribution is 2.19. The van der Waals surface area contributed by atoms with Crippen LogP contribution in [-0.4, -0.2) is 61.7 Å². The van der Waals surface area contributed by atoms with Crippen molar-refractivity contribution in [1.82, 2.24) is 14.5 Å². The molecule has 0 aromatic heterocycles. The minimum absolute atomic E-state index is 0.131. The molecular weight excluding hydrogens is 450 g/mol. The molecule has 1 heterocycles. The van der Waals surface area contributed by atoms with Gasteiger partial charge in [-0.05, 0) is 49.2 Å². The fraction of sp³-hybridized carbons (Fsp3) is 0.391. The molecule has 1 atom stereocenters. The number of halogens is 1. The zero-order valence-electron chi connectivity index (χ0n) is 18.4. The molecule has 9 heteroatoms. The predicted octanol–water partition coefficient (Wildman–Crippen LogP) is 2.94. The number of hydrogen-bond donors (Lipinski definition) is 1. The smallest absolute Gasteiger partial charge is 0.251 e. The van der Waals surface area contributed by atoms with Gasteiger partial charge in [0.15, 0.2) is 0 Å². The van der Waals surface area contributed by atoms with E-state index in [0.717, 1.165) is 5.56 Å². The highest BCUT2D eigenvalue weighted by Gasteiger charge is 2.34. The van der Waals surface area contributed by atoms with Crippen molar-refractivity contribution in [2.75, 3.05) is 26.2 Å². The van der Waals surface area contributed by atoms with Gasteiger partial charge in [0.05, 0.1) is 4.90 Å². The summed E-state index contributed by atoms with van der Waals surface area (Å²) in [7, 11) is -3.61. The largest absolute Gasteiger partial charge is 0.340 e. The summed E-state index contributed by atoms with van der Waals surface area (Å²) < 4.78 is 27.2. The molecule has 0 spiro atoms. The number of piperazine rings is 1. The zero-order valence-corrected chi connectivity index (χ0v) is 20.0. The van der Waals surface area contributed by atoms with Gasteiger partial charge in [0.1, 0.15) is 6.04 Å². The van der Waals surface area contributed by atoms with Crippen molar-refractivity contribution in [3.63, 3.8) is 0 Å². The summed E-state index contributed by atoms with van der Waals surface area (Å²) in [5, 5.41) is 3.34. The van der Waals surface area contributed by atoms with Crippen molar-refractivity contribution < 1.29 is 18.0 Å². The van der Waals surface area contributed by atoms with Crippen molar-refractivity contribution in [2.24, 2.45) is 5.92 Å². The second-order valence-corrected chi connectivity index (χ2v) is 10.6. The van der Waals surface area contributed by atoms with Gasteiger partial charge in [0.2, 0.25) is 15.9 Å². The zero-order chi connectivity index (χ0) is 23.5. The summed E-state index contributed by atoms with van der Waals surface area (Å²) >= 11 is 5.88. The van der Waals surface area contributed by atoms with Crippen LogP contribution in [0.3, 0.4) is 0 Å². The maximum absolute atomic E-state index is 13.1. The van der Waals surface area contributed by atoms with E-state index in [9.17, 15) is 18.0 Å². The van der Waals surface area contributed by atoms with Crippen LogP contribution in [0.4, 0.5) is 0 Å². The molecule has 1 saturated heterocycles. The van der Waals surface area contributed by atoms with Crippen LogP contribution in [-0.2, 0) is 14.8 Å². The van der Waals surface area contributed by atoms with Gasteiger partial charge in [0.25, 0.3) is 5.91 Å². The SMILES string of the molecule is Cc1ccc(S(=O)(=O)N2CCN(C(=O)C(NC(=O)c3ccc(Cl)cc3)C(C)C)CC2)cc1. The van der Waals surface area contributed by atoms with E-state index in [-0.39, 0.29) is 48.8 Å². The fourth-order valence-corrected chi connectivity index (χ4v) is 5.09. The van der Waals surface area contributed by atoms with E-state index in [1.807, 2.05) is 20.8 Å². The monoisotopic (exact) mass is 477 g/mol. The summed E-state index contributed by atoms with van der Waals surface area (Å²) in [5.41, 5.74) is 1.40. The maximum atomic E-state index is 13.1. The average molecular weight is 478 g/mol. The quantitative estimate of drug-likeness (QED) is 0.693. The minimum atomic E-state index is -3.61. The Hall–Kier alpha value is -2.42. The molecule has 2 aromatic carbocycles. The number of sulfonamides is 1. The lowest BCUT2D eigenvalue weighted by Crippen LogP contribution is -2.57. The van der Waals surface area contributed by atoms with Crippen molar-refractivity contribution >= 4 is 33.4 Å². The Bertz CT molecular complexity index is 1060. The first-order chi connectivity index (χ1) is 15.1. The summed E-state index contributed by atoms with van der Waals surface area (Å²) in [5.74, 6) is -0.697. The lowest BCUT2D eigenvalue weighted by atomic mass is 10.0. The number of amides is 2. The molecule has 1 N–H and O–H groups in total. The molecule has 1 aliphatic heterocycles. The van der Waals surface area contributed by atoms with Gasteiger partial charge in [-0.15, -0.1) is 0 Å². The first-order valence-corrected chi connectivity index (χ1v) is 12.3. The molecule has 0 aliphatic carbocycles. The van der Waals surface area contributed by atoms with Crippen molar-refractivity contribution in [3.05, 3.63) is 64.7 Å². The van der Waals surface area contributed by atoms with E-state index in [4.69, 9.17) is 11.6 Å². The van der Waals surface area contributed by atoms with E-state index >= 15 is 0 Å². The molecule has 1 aliphatic rings. The van der Waals surface area contributed by atoms with Crippen LogP contribution in [0.25, 0.3) is 0 Å². The van der Waals surface area contributed by atoms with Crippen LogP contribution in [0.1, 0.15) is 29.8 Å². The Morgan fingerprint density at radius 1 is 0.938 bits per heavy atom. The van der Waals surface area contributed by atoms with Gasteiger partial charge in [-0.25, -0.2) is 8.42 Å². The number of aryl methyl sites for hydroxylation is 1. The summed E-state index contributed by atoms with van der Waals surface area (Å²) in [6, 6.07) is 12.5. The first kappa shape index (κ1) is 24.2. The van der Waals surface area contributed by atoms with Gasteiger partial charge < -0.3 is 10.2 Å². The number of hydrogen-bond acceptors (Lipinski definition) is 4. The second kappa shape index (κ2) is 10.0. The van der Waals surface area contributed by atoms with E-state index < -0.39 is 16.1 Å². The molecule has 1 unspecified atom stereocenters. The summed E-state index contributed by atoms with van der Waals surface area (Å²) in [6.07, 6.45) is 0. The average Bonchev–Trinajstić information content (AvgIpc) is 2.77. The molecule has 1 fully saturated rings. The van der Waals surface area contributed by atoms with Gasteiger partial charge >= 0.3 is 0 Å². The molecule has 7 nitrogen and oxygen atoms in total. The number of nitrogens with one attached hydrogen (secondary N) is 1. The molecule has 2 amide bonds. The number of rotatable bonds is 6. The number of nitrogens with zero attached hydrogens (tertiary/aromatic N) is 2. The lowest BCUT2D eigenvalue weighted by molar-refractivity contribution is -0.135. The number of carbonyl (C=O) groups excluding carboxylic acids is 2. The second-order valence-electron chi connectivity index (χ2n) is 8.24. The molecule has 0 bridgehead atoms. The van der Waals surface area contributed by atoms with Crippen LogP contribution in [0.15, 0.2) is 53.4 Å². The Morgan fingerprint density at radius 2 is 1.50 bits per heavy atom. The van der Waals surface area contributed by atoms with Crippen LogP contribution < -0.4 is 5.32 Å². The first-order valence-electron chi connectivity index (χ1n) is 10.5. The highest BCUT2D eigenvalue weighted by molar-refractivity contribution is 7.89. The molecule has 3 rings (SSSR count). The van der Waals surface area contributed by atoms with E-state index in [0.29, 0.717) is 10.6 Å². The third-order valence-corrected chi connectivity index (χ3v) is 7.70. The highest BCUT2D eigenvalue weighted by atomic mass is 35.5. The Kier molecular flexibility index (Phi) is 7.59. The molecule has 32 heavy (non-hydrogen) atoms. The molecule has 0 saturated carbocycles. The number of benzene rings is 2. The van der Waals surface area contributed by atoms with Crippen LogP contribution >= 0.6 is 11.6 Å². The lowest BCUT2D eigenvalue weighted by Gasteiger charge is -2.36. The van der Waals surface area contributed by atoms with Crippen LogP contribution in [0, 0.1) is 12.8 Å². The molecular formula is C23H28ClN3O4S. The van der Waals surface area contributed by atoms with Crippen molar-refractivity contribution in [1.29, 1.82) is 0 Å². The van der Waals surface area contributed by atoms with Crippen molar-refractivity contribution in [2.45, 2.75) is 31.7 Å². The van der Waals surface area contributed by atoms with Gasteiger partial charge in [-0.2, -0.15) is 4.31 Å². The topological polar surface area (TPSA) is 86.8 Å². The van der Waals surface area contributed by atoms with Crippen LogP contribution in [0.2, 0.25) is 5.02 Å². The predicted molar refractivity (Wildman–Crippen MR) is 124 cm³/mol. The fourth-order valence-electron chi connectivity index (χ4n) is 3.54. The Balaban J connectivity index is 1.65. The summed E-state index contributed by atoms with van der Waals surface area (Å²) in [4.78, 5) is 27.6. The summed E-state index contributed by atoms with van der Waals surface area (Å²) in [6.45, 7) is 6.58. The van der Waals surface area contributed by atoms with E-state index in [1.54, 1.807) is 53.4 Å². The number of carbonyl (C=O) groups is 2. The molecule has 172 valence electrons. The van der Waals surface area contributed by atoms with Gasteiger partial charge in [-0.3, -0.25) is 9.59 Å². The third-order valence-electron chi connectivity index (χ3n) is 5.53. The Morgan fingerprint density at radius 3 is 2.03 bits per heavy atom. The Labute approximate surface area is 194 Å². The standard InChI is InChI=1S/C23H28ClN3O4S/c1-16(2)21(25-22(28)18-6-8-19(24)9-7-18)23(29)26-12-14-27(15-13-26)32(30,31)20-10-4-17(3)5-11-20/h4-11,16,21H,12-15H2,1-3H3,(H,25,28). The maximum Gasteiger partial charge on any atom is 0.251 e. The normalized spacial score (nSPS) is 16.1.